The van der Waals surface area contributed by atoms with E-state index in [-0.39, 0.29) is 24.1 Å². The van der Waals surface area contributed by atoms with Crippen molar-refractivity contribution >= 4 is 28.5 Å². The lowest BCUT2D eigenvalue weighted by Gasteiger charge is -2.12. The molecule has 7 nitrogen and oxygen atoms in total. The summed E-state index contributed by atoms with van der Waals surface area (Å²) in [6, 6.07) is 10.5. The van der Waals surface area contributed by atoms with Crippen LogP contribution in [0.1, 0.15) is 6.92 Å². The summed E-state index contributed by atoms with van der Waals surface area (Å²) < 4.78 is 32.8. The number of nitrogens with zero attached hydrogens (tertiary/aromatic N) is 3. The molecule has 0 unspecified atom stereocenters. The SMILES string of the molecule is C[C@H](O)CNc1nc(Oc2cccc(F)c2F)nc2[nH]nc(-c3ccccc3Cl)c12. The van der Waals surface area contributed by atoms with Gasteiger partial charge in [0.25, 0.3) is 0 Å². The number of nitrogens with one attached hydrogen (secondary N) is 2. The normalized spacial score (nSPS) is 12.2. The molecule has 0 bridgehead atoms. The second-order valence-corrected chi connectivity index (χ2v) is 6.92. The fourth-order valence-electron chi connectivity index (χ4n) is 2.84. The van der Waals surface area contributed by atoms with E-state index < -0.39 is 17.7 Å². The highest BCUT2D eigenvalue weighted by molar-refractivity contribution is 6.33. The maximum Gasteiger partial charge on any atom is 0.326 e. The van der Waals surface area contributed by atoms with Crippen molar-refractivity contribution in [3.8, 4) is 23.0 Å². The molecule has 1 atom stereocenters. The lowest BCUT2D eigenvalue weighted by Crippen LogP contribution is -2.16. The Morgan fingerprint density at radius 2 is 1.97 bits per heavy atom. The fourth-order valence-corrected chi connectivity index (χ4v) is 3.06. The van der Waals surface area contributed by atoms with Crippen LogP contribution in [0.15, 0.2) is 42.5 Å². The first-order chi connectivity index (χ1) is 14.4. The zero-order valence-corrected chi connectivity index (χ0v) is 16.4. The van der Waals surface area contributed by atoms with Gasteiger partial charge in [-0.1, -0.05) is 35.9 Å². The fraction of sp³-hybridized carbons (Fsp3) is 0.150. The molecule has 0 fully saturated rings. The van der Waals surface area contributed by atoms with E-state index in [1.54, 1.807) is 25.1 Å². The molecule has 30 heavy (non-hydrogen) atoms. The molecule has 2 aromatic heterocycles. The molecule has 2 aromatic carbocycles. The van der Waals surface area contributed by atoms with Gasteiger partial charge < -0.3 is 15.2 Å². The number of aliphatic hydroxyl groups excluding tert-OH is 1. The summed E-state index contributed by atoms with van der Waals surface area (Å²) in [5.41, 5.74) is 1.44. The lowest BCUT2D eigenvalue weighted by molar-refractivity contribution is 0.208. The molecular weight excluding hydrogens is 416 g/mol. The van der Waals surface area contributed by atoms with E-state index >= 15 is 0 Å². The van der Waals surface area contributed by atoms with E-state index in [9.17, 15) is 13.9 Å². The van der Waals surface area contributed by atoms with Crippen LogP contribution in [-0.2, 0) is 0 Å². The Balaban J connectivity index is 1.83. The number of rotatable bonds is 6. The molecule has 154 valence electrons. The Bertz CT molecular complexity index is 1220. The van der Waals surface area contributed by atoms with Gasteiger partial charge in [0.1, 0.15) is 11.5 Å². The zero-order valence-electron chi connectivity index (χ0n) is 15.7. The summed E-state index contributed by atoms with van der Waals surface area (Å²) in [6.07, 6.45) is -0.671. The second-order valence-electron chi connectivity index (χ2n) is 6.51. The Labute approximate surface area is 174 Å². The van der Waals surface area contributed by atoms with Crippen LogP contribution in [0.4, 0.5) is 14.6 Å². The summed E-state index contributed by atoms with van der Waals surface area (Å²) in [7, 11) is 0. The van der Waals surface area contributed by atoms with E-state index in [1.165, 1.54) is 12.1 Å². The van der Waals surface area contributed by atoms with Gasteiger partial charge in [0.15, 0.2) is 17.2 Å². The van der Waals surface area contributed by atoms with E-state index in [2.05, 4.69) is 25.5 Å². The third-order valence-corrected chi connectivity index (χ3v) is 4.54. The Morgan fingerprint density at radius 1 is 1.17 bits per heavy atom. The largest absolute Gasteiger partial charge is 0.421 e. The first-order valence-corrected chi connectivity index (χ1v) is 9.36. The van der Waals surface area contributed by atoms with Gasteiger partial charge in [-0.05, 0) is 25.1 Å². The number of ether oxygens (including phenoxy) is 1. The molecule has 0 aliphatic carbocycles. The van der Waals surface area contributed by atoms with Gasteiger partial charge in [-0.25, -0.2) is 4.39 Å². The van der Waals surface area contributed by atoms with Crippen molar-refractivity contribution in [3.05, 3.63) is 59.1 Å². The van der Waals surface area contributed by atoms with Gasteiger partial charge in [-0.15, -0.1) is 0 Å². The van der Waals surface area contributed by atoms with E-state index in [0.717, 1.165) is 6.07 Å². The van der Waals surface area contributed by atoms with Crippen LogP contribution in [-0.4, -0.2) is 37.9 Å². The molecule has 0 aliphatic heterocycles. The van der Waals surface area contributed by atoms with Crippen LogP contribution in [0.3, 0.4) is 0 Å². The van der Waals surface area contributed by atoms with Crippen LogP contribution in [0.5, 0.6) is 11.8 Å². The average Bonchev–Trinajstić information content (AvgIpc) is 3.14. The number of H-pyrrole nitrogens is 1. The number of fused-ring (bicyclic) bond motifs is 1. The average molecular weight is 432 g/mol. The predicted molar refractivity (Wildman–Crippen MR) is 109 cm³/mol. The van der Waals surface area contributed by atoms with Crippen molar-refractivity contribution in [2.24, 2.45) is 0 Å². The van der Waals surface area contributed by atoms with Crippen molar-refractivity contribution in [2.45, 2.75) is 13.0 Å². The Morgan fingerprint density at radius 3 is 2.73 bits per heavy atom. The van der Waals surface area contributed by atoms with Crippen LogP contribution in [0.25, 0.3) is 22.3 Å². The van der Waals surface area contributed by atoms with E-state index in [1.807, 2.05) is 6.07 Å². The van der Waals surface area contributed by atoms with E-state index in [4.69, 9.17) is 16.3 Å². The molecule has 0 spiro atoms. The molecule has 0 saturated carbocycles. The molecule has 0 amide bonds. The predicted octanol–water partition coefficient (Wildman–Crippen LogP) is 4.54. The number of halogens is 3. The van der Waals surface area contributed by atoms with Crippen LogP contribution in [0.2, 0.25) is 5.02 Å². The first-order valence-electron chi connectivity index (χ1n) is 8.99. The monoisotopic (exact) mass is 431 g/mol. The topological polar surface area (TPSA) is 96.0 Å². The Hall–Kier alpha value is -3.30. The van der Waals surface area contributed by atoms with Crippen molar-refractivity contribution in [2.75, 3.05) is 11.9 Å². The summed E-state index contributed by atoms with van der Waals surface area (Å²) in [5.74, 6) is -2.28. The second kappa shape index (κ2) is 8.21. The molecular formula is C20H16ClF2N5O2. The third kappa shape index (κ3) is 3.89. The van der Waals surface area contributed by atoms with Gasteiger partial charge in [-0.2, -0.15) is 19.5 Å². The van der Waals surface area contributed by atoms with Crippen molar-refractivity contribution in [1.29, 1.82) is 0 Å². The number of benzene rings is 2. The zero-order chi connectivity index (χ0) is 21.3. The van der Waals surface area contributed by atoms with Crippen LogP contribution < -0.4 is 10.1 Å². The highest BCUT2D eigenvalue weighted by atomic mass is 35.5. The quantitative estimate of drug-likeness (QED) is 0.415. The number of hydrogen-bond donors (Lipinski definition) is 3. The van der Waals surface area contributed by atoms with Crippen molar-refractivity contribution in [3.63, 3.8) is 0 Å². The molecule has 3 N–H and O–H groups in total. The summed E-state index contributed by atoms with van der Waals surface area (Å²) >= 11 is 6.31. The number of aromatic nitrogens is 4. The van der Waals surface area contributed by atoms with E-state index in [0.29, 0.717) is 27.3 Å². The minimum atomic E-state index is -1.15. The van der Waals surface area contributed by atoms with Crippen LogP contribution in [0, 0.1) is 11.6 Å². The van der Waals surface area contributed by atoms with Crippen LogP contribution >= 0.6 is 11.6 Å². The van der Waals surface area contributed by atoms with Crippen molar-refractivity contribution in [1.82, 2.24) is 20.2 Å². The highest BCUT2D eigenvalue weighted by Gasteiger charge is 2.20. The number of anilines is 1. The molecule has 2 heterocycles. The highest BCUT2D eigenvalue weighted by Crippen LogP contribution is 2.36. The molecule has 0 radical (unpaired) electrons. The maximum atomic E-state index is 14.0. The summed E-state index contributed by atoms with van der Waals surface area (Å²) in [4.78, 5) is 8.50. The molecule has 10 heteroatoms. The Kier molecular flexibility index (Phi) is 5.47. The number of aromatic amines is 1. The molecule has 0 saturated heterocycles. The molecule has 0 aliphatic rings. The number of hydrogen-bond acceptors (Lipinski definition) is 6. The molecule has 4 aromatic rings. The standard InChI is InChI=1S/C20H16ClF2N5O2/c1-10(29)9-24-18-15-17(11-5-2-3-6-12(11)21)27-28-19(15)26-20(25-18)30-14-8-4-7-13(22)16(14)23/h2-8,10,29H,9H2,1H3,(H2,24,25,26,27,28)/t10-/m0/s1. The smallest absolute Gasteiger partial charge is 0.326 e. The van der Waals surface area contributed by atoms with Crippen molar-refractivity contribution < 1.29 is 18.6 Å². The van der Waals surface area contributed by atoms with Gasteiger partial charge in [-0.3, -0.25) is 5.10 Å². The minimum Gasteiger partial charge on any atom is -0.421 e. The maximum absolute atomic E-state index is 14.0. The lowest BCUT2D eigenvalue weighted by atomic mass is 10.1. The van der Waals surface area contributed by atoms with Gasteiger partial charge >= 0.3 is 6.01 Å². The van der Waals surface area contributed by atoms with Gasteiger partial charge in [0.2, 0.25) is 5.82 Å². The first kappa shape index (κ1) is 20.0. The van der Waals surface area contributed by atoms with Gasteiger partial charge in [0.05, 0.1) is 16.5 Å². The number of aliphatic hydroxyl groups is 1. The molecule has 4 rings (SSSR count). The van der Waals surface area contributed by atoms with Gasteiger partial charge in [0, 0.05) is 12.1 Å². The minimum absolute atomic E-state index is 0.174. The summed E-state index contributed by atoms with van der Waals surface area (Å²) in [5, 5.41) is 20.7. The third-order valence-electron chi connectivity index (χ3n) is 4.21. The summed E-state index contributed by atoms with van der Waals surface area (Å²) in [6.45, 7) is 1.78.